The molecule has 1 aliphatic carbocycles. The summed E-state index contributed by atoms with van der Waals surface area (Å²) in [5, 5.41) is 2.99. The lowest BCUT2D eigenvalue weighted by Gasteiger charge is -2.29. The number of sulfonamides is 1. The van der Waals surface area contributed by atoms with E-state index in [-0.39, 0.29) is 11.9 Å². The number of fused-ring (bicyclic) bond motifs is 1. The Labute approximate surface area is 185 Å². The molecule has 0 radical (unpaired) electrons. The lowest BCUT2D eigenvalue weighted by molar-refractivity contribution is -0.122. The summed E-state index contributed by atoms with van der Waals surface area (Å²) in [7, 11) is -3.67. The quantitative estimate of drug-likeness (QED) is 0.668. The van der Waals surface area contributed by atoms with E-state index in [2.05, 4.69) is 23.5 Å². The summed E-state index contributed by atoms with van der Waals surface area (Å²) in [4.78, 5) is 13.0. The molecule has 2 aromatic rings. The average molecular weight is 445 g/mol. The second kappa shape index (κ2) is 9.73. The van der Waals surface area contributed by atoms with Crippen molar-refractivity contribution in [3.63, 3.8) is 0 Å². The average Bonchev–Trinajstić information content (AvgIpc) is 2.74. The van der Waals surface area contributed by atoms with Crippen molar-refractivity contribution in [1.82, 2.24) is 5.32 Å². The molecule has 2 atom stereocenters. The van der Waals surface area contributed by atoms with E-state index in [0.717, 1.165) is 29.0 Å². The molecule has 0 heterocycles. The standard InChI is InChI=1S/C24H32N2O4S/c1-5-30-23-14-12-22(13-15-23)26(31(4,28)29)18(3)24(27)25-17(2)20-11-10-19-8-6-7-9-21(19)16-20/h10-18H,5-9H2,1-4H3,(H,25,27). The van der Waals surface area contributed by atoms with Crippen molar-refractivity contribution in [2.24, 2.45) is 0 Å². The highest BCUT2D eigenvalue weighted by Crippen LogP contribution is 2.26. The molecule has 0 aliphatic heterocycles. The molecule has 3 rings (SSSR count). The molecule has 1 amide bonds. The zero-order valence-electron chi connectivity index (χ0n) is 18.7. The summed E-state index contributed by atoms with van der Waals surface area (Å²) in [6.07, 6.45) is 5.71. The van der Waals surface area contributed by atoms with Gasteiger partial charge in [0.25, 0.3) is 0 Å². The Balaban J connectivity index is 1.76. The Bertz CT molecular complexity index is 1020. The van der Waals surface area contributed by atoms with Crippen molar-refractivity contribution in [3.05, 3.63) is 59.2 Å². The van der Waals surface area contributed by atoms with E-state index in [1.54, 1.807) is 31.2 Å². The number of hydrogen-bond acceptors (Lipinski definition) is 4. The Morgan fingerprint density at radius 2 is 1.71 bits per heavy atom. The van der Waals surface area contributed by atoms with E-state index in [0.29, 0.717) is 18.0 Å². The highest BCUT2D eigenvalue weighted by atomic mass is 32.2. The van der Waals surface area contributed by atoms with Gasteiger partial charge in [-0.3, -0.25) is 9.10 Å². The van der Waals surface area contributed by atoms with Gasteiger partial charge in [-0.05, 0) is 87.4 Å². The summed E-state index contributed by atoms with van der Waals surface area (Å²) >= 11 is 0. The molecule has 168 valence electrons. The molecule has 1 aliphatic rings. The van der Waals surface area contributed by atoms with Crippen LogP contribution in [0.15, 0.2) is 42.5 Å². The van der Waals surface area contributed by atoms with Gasteiger partial charge >= 0.3 is 0 Å². The minimum absolute atomic E-state index is 0.219. The number of ether oxygens (including phenoxy) is 1. The molecule has 31 heavy (non-hydrogen) atoms. The van der Waals surface area contributed by atoms with Crippen LogP contribution in [0, 0.1) is 0 Å². The molecule has 7 heteroatoms. The van der Waals surface area contributed by atoms with E-state index in [1.165, 1.54) is 24.0 Å². The van der Waals surface area contributed by atoms with Crippen molar-refractivity contribution in [2.75, 3.05) is 17.2 Å². The minimum Gasteiger partial charge on any atom is -0.494 e. The number of aryl methyl sites for hydroxylation is 2. The third-order valence-electron chi connectivity index (χ3n) is 5.72. The molecule has 0 saturated heterocycles. The molecule has 2 aromatic carbocycles. The van der Waals surface area contributed by atoms with Crippen LogP contribution in [0.1, 0.15) is 56.3 Å². The van der Waals surface area contributed by atoms with Gasteiger partial charge in [0, 0.05) is 0 Å². The molecule has 6 nitrogen and oxygen atoms in total. The van der Waals surface area contributed by atoms with Crippen molar-refractivity contribution in [3.8, 4) is 5.75 Å². The fraction of sp³-hybridized carbons (Fsp3) is 0.458. The number of amides is 1. The van der Waals surface area contributed by atoms with Gasteiger partial charge in [-0.1, -0.05) is 18.2 Å². The number of nitrogens with zero attached hydrogens (tertiary/aromatic N) is 1. The predicted octanol–water partition coefficient (Wildman–Crippen LogP) is 4.00. The van der Waals surface area contributed by atoms with Gasteiger partial charge in [0.2, 0.25) is 15.9 Å². The van der Waals surface area contributed by atoms with Crippen LogP contribution < -0.4 is 14.4 Å². The first-order valence-corrected chi connectivity index (χ1v) is 12.7. The number of carbonyl (C=O) groups is 1. The smallest absolute Gasteiger partial charge is 0.244 e. The lowest BCUT2D eigenvalue weighted by Crippen LogP contribution is -2.48. The molecule has 0 fully saturated rings. The number of carbonyl (C=O) groups excluding carboxylic acids is 1. The maximum Gasteiger partial charge on any atom is 0.244 e. The van der Waals surface area contributed by atoms with Crippen LogP contribution in [0.3, 0.4) is 0 Å². The minimum atomic E-state index is -3.67. The van der Waals surface area contributed by atoms with Crippen molar-refractivity contribution in [2.45, 2.75) is 58.5 Å². The van der Waals surface area contributed by atoms with Crippen LogP contribution in [0.25, 0.3) is 0 Å². The van der Waals surface area contributed by atoms with E-state index in [4.69, 9.17) is 4.74 Å². The van der Waals surface area contributed by atoms with Crippen LogP contribution in [-0.4, -0.2) is 33.2 Å². The molecule has 2 unspecified atom stereocenters. The van der Waals surface area contributed by atoms with Gasteiger partial charge in [-0.25, -0.2) is 8.42 Å². The molecule has 1 N–H and O–H groups in total. The second-order valence-electron chi connectivity index (χ2n) is 8.13. The van der Waals surface area contributed by atoms with Gasteiger partial charge in [0.05, 0.1) is 24.6 Å². The van der Waals surface area contributed by atoms with Gasteiger partial charge in [-0.15, -0.1) is 0 Å². The Morgan fingerprint density at radius 3 is 2.32 bits per heavy atom. The number of nitrogens with one attached hydrogen (secondary N) is 1. The lowest BCUT2D eigenvalue weighted by atomic mass is 9.89. The zero-order chi connectivity index (χ0) is 22.6. The fourth-order valence-electron chi connectivity index (χ4n) is 4.10. The van der Waals surface area contributed by atoms with E-state index in [9.17, 15) is 13.2 Å². The first-order valence-electron chi connectivity index (χ1n) is 10.8. The SMILES string of the molecule is CCOc1ccc(N(C(C)C(=O)NC(C)c2ccc3c(c2)CCCC3)S(C)(=O)=O)cc1. The van der Waals surface area contributed by atoms with Gasteiger partial charge in [0.15, 0.2) is 0 Å². The third kappa shape index (κ3) is 5.58. The molecule has 0 spiro atoms. The molecule has 0 aromatic heterocycles. The summed E-state index contributed by atoms with van der Waals surface area (Å²) in [6, 6.07) is 12.0. The predicted molar refractivity (Wildman–Crippen MR) is 124 cm³/mol. The second-order valence-corrected chi connectivity index (χ2v) is 9.99. The van der Waals surface area contributed by atoms with Crippen molar-refractivity contribution < 1.29 is 17.9 Å². The summed E-state index contributed by atoms with van der Waals surface area (Å²) in [5.41, 5.74) is 4.20. The van der Waals surface area contributed by atoms with Crippen LogP contribution in [0.5, 0.6) is 5.75 Å². The Kier molecular flexibility index (Phi) is 7.26. The molecule has 0 bridgehead atoms. The summed E-state index contributed by atoms with van der Waals surface area (Å²) in [6.45, 7) is 5.94. The largest absolute Gasteiger partial charge is 0.494 e. The van der Waals surface area contributed by atoms with Gasteiger partial charge in [0.1, 0.15) is 11.8 Å². The maximum absolute atomic E-state index is 13.0. The molecule has 0 saturated carbocycles. The number of benzene rings is 2. The first kappa shape index (κ1) is 23.1. The number of rotatable bonds is 8. The Morgan fingerprint density at radius 1 is 1.06 bits per heavy atom. The first-order chi connectivity index (χ1) is 14.7. The Hall–Kier alpha value is -2.54. The van der Waals surface area contributed by atoms with Crippen LogP contribution in [-0.2, 0) is 27.7 Å². The summed E-state index contributed by atoms with van der Waals surface area (Å²) < 4.78 is 31.6. The van der Waals surface area contributed by atoms with Gasteiger partial charge < -0.3 is 10.1 Å². The van der Waals surface area contributed by atoms with Crippen LogP contribution in [0.4, 0.5) is 5.69 Å². The monoisotopic (exact) mass is 444 g/mol. The van der Waals surface area contributed by atoms with E-state index in [1.807, 2.05) is 13.8 Å². The third-order valence-corrected chi connectivity index (χ3v) is 6.96. The van der Waals surface area contributed by atoms with Crippen LogP contribution in [0.2, 0.25) is 0 Å². The van der Waals surface area contributed by atoms with Gasteiger partial charge in [-0.2, -0.15) is 0 Å². The van der Waals surface area contributed by atoms with Crippen molar-refractivity contribution >= 4 is 21.6 Å². The van der Waals surface area contributed by atoms with Crippen molar-refractivity contribution in [1.29, 1.82) is 0 Å². The van der Waals surface area contributed by atoms with E-state index >= 15 is 0 Å². The highest BCUT2D eigenvalue weighted by molar-refractivity contribution is 7.92. The number of hydrogen-bond donors (Lipinski definition) is 1. The number of anilines is 1. The maximum atomic E-state index is 13.0. The normalized spacial score (nSPS) is 15.5. The topological polar surface area (TPSA) is 75.7 Å². The molecular formula is C24H32N2O4S. The fourth-order valence-corrected chi connectivity index (χ4v) is 5.28. The summed E-state index contributed by atoms with van der Waals surface area (Å²) in [5.74, 6) is 0.308. The van der Waals surface area contributed by atoms with Crippen LogP contribution >= 0.6 is 0 Å². The zero-order valence-corrected chi connectivity index (χ0v) is 19.5. The molecular weight excluding hydrogens is 412 g/mol. The highest BCUT2D eigenvalue weighted by Gasteiger charge is 2.30. The van der Waals surface area contributed by atoms with E-state index < -0.39 is 16.1 Å².